The molecule has 4 nitrogen and oxygen atoms in total. The highest BCUT2D eigenvalue weighted by Gasteiger charge is 2.29. The zero-order chi connectivity index (χ0) is 13.1. The first kappa shape index (κ1) is 14.0. The number of alkyl halides is 3. The van der Waals surface area contributed by atoms with Crippen molar-refractivity contribution < 1.29 is 13.2 Å². The van der Waals surface area contributed by atoms with Crippen LogP contribution >= 0.6 is 11.6 Å². The van der Waals surface area contributed by atoms with Gasteiger partial charge in [0.25, 0.3) is 0 Å². The number of nitrogens with zero attached hydrogens (tertiary/aromatic N) is 1. The van der Waals surface area contributed by atoms with Crippen LogP contribution in [0.2, 0.25) is 5.02 Å². The number of hydrazine groups is 1. The zero-order valence-corrected chi connectivity index (χ0v) is 9.52. The van der Waals surface area contributed by atoms with Gasteiger partial charge in [0.15, 0.2) is 0 Å². The average molecular weight is 269 g/mol. The van der Waals surface area contributed by atoms with Crippen LogP contribution in [0.4, 0.5) is 19.0 Å². The molecule has 5 N–H and O–H groups in total. The summed E-state index contributed by atoms with van der Waals surface area (Å²) < 4.78 is 36.3. The summed E-state index contributed by atoms with van der Waals surface area (Å²) in [6.45, 7) is 0. The van der Waals surface area contributed by atoms with Crippen molar-refractivity contribution in [3.05, 3.63) is 22.8 Å². The second-order valence-electron chi connectivity index (χ2n) is 3.50. The van der Waals surface area contributed by atoms with Crippen molar-refractivity contribution in [2.75, 3.05) is 5.73 Å². The molecule has 1 aromatic rings. The molecule has 0 radical (unpaired) electrons. The lowest BCUT2D eigenvalue weighted by atomic mass is 10.0. The Hall–Kier alpha value is -1.05. The molecule has 1 aromatic heterocycles. The van der Waals surface area contributed by atoms with Crippen molar-refractivity contribution in [3.8, 4) is 0 Å². The summed E-state index contributed by atoms with van der Waals surface area (Å²) in [5.74, 6) is 5.32. The summed E-state index contributed by atoms with van der Waals surface area (Å²) >= 11 is 5.70. The molecule has 96 valence electrons. The van der Waals surface area contributed by atoms with Crippen molar-refractivity contribution in [2.24, 2.45) is 5.84 Å². The lowest BCUT2D eigenvalue weighted by Gasteiger charge is -2.18. The Morgan fingerprint density at radius 1 is 1.47 bits per heavy atom. The molecule has 17 heavy (non-hydrogen) atoms. The van der Waals surface area contributed by atoms with Gasteiger partial charge in [0.2, 0.25) is 0 Å². The van der Waals surface area contributed by atoms with Gasteiger partial charge in [0.05, 0.1) is 5.02 Å². The van der Waals surface area contributed by atoms with Crippen molar-refractivity contribution in [1.29, 1.82) is 0 Å². The van der Waals surface area contributed by atoms with E-state index in [4.69, 9.17) is 23.2 Å². The van der Waals surface area contributed by atoms with E-state index in [1.807, 2.05) is 0 Å². The van der Waals surface area contributed by atoms with Crippen LogP contribution in [0, 0.1) is 0 Å². The van der Waals surface area contributed by atoms with Gasteiger partial charge >= 0.3 is 6.18 Å². The van der Waals surface area contributed by atoms with Crippen LogP contribution in [0.1, 0.15) is 24.4 Å². The molecule has 0 aliphatic rings. The van der Waals surface area contributed by atoms with Gasteiger partial charge in [-0.2, -0.15) is 13.2 Å². The van der Waals surface area contributed by atoms with Crippen molar-refractivity contribution in [3.63, 3.8) is 0 Å². The first-order valence-electron chi connectivity index (χ1n) is 4.77. The molecule has 1 rings (SSSR count). The summed E-state index contributed by atoms with van der Waals surface area (Å²) in [5, 5.41) is 0.293. The summed E-state index contributed by atoms with van der Waals surface area (Å²) in [7, 11) is 0. The lowest BCUT2D eigenvalue weighted by molar-refractivity contribution is -0.136. The topological polar surface area (TPSA) is 77.0 Å². The number of aromatic nitrogens is 1. The molecule has 0 aliphatic heterocycles. The smallest absolute Gasteiger partial charge is 0.383 e. The number of nitrogens with two attached hydrogens (primary N) is 2. The summed E-state index contributed by atoms with van der Waals surface area (Å²) in [6, 6.07) is 0.716. The van der Waals surface area contributed by atoms with Crippen LogP contribution in [-0.2, 0) is 0 Å². The van der Waals surface area contributed by atoms with Crippen molar-refractivity contribution >= 4 is 17.4 Å². The van der Waals surface area contributed by atoms with Gasteiger partial charge in [-0.25, -0.2) is 4.98 Å². The number of rotatable bonds is 4. The molecule has 8 heteroatoms. The Morgan fingerprint density at radius 3 is 2.65 bits per heavy atom. The van der Waals surface area contributed by atoms with E-state index < -0.39 is 18.6 Å². The first-order valence-corrected chi connectivity index (χ1v) is 5.15. The second kappa shape index (κ2) is 5.52. The Balaban J connectivity index is 2.82. The predicted molar refractivity (Wildman–Crippen MR) is 59.0 cm³/mol. The van der Waals surface area contributed by atoms with Crippen LogP contribution in [0.3, 0.4) is 0 Å². The largest absolute Gasteiger partial charge is 0.389 e. The minimum atomic E-state index is -4.24. The number of hydrogen-bond donors (Lipinski definition) is 3. The Kier molecular flexibility index (Phi) is 4.55. The highest BCUT2D eigenvalue weighted by atomic mass is 35.5. The average Bonchev–Trinajstić information content (AvgIpc) is 2.22. The molecule has 0 saturated heterocycles. The lowest BCUT2D eigenvalue weighted by Crippen LogP contribution is -2.30. The van der Waals surface area contributed by atoms with Crippen molar-refractivity contribution in [1.82, 2.24) is 10.4 Å². The molecule has 1 unspecified atom stereocenters. The van der Waals surface area contributed by atoms with E-state index in [9.17, 15) is 13.2 Å². The normalized spacial score (nSPS) is 13.7. The molecule has 0 saturated carbocycles. The molecule has 1 atom stereocenters. The number of nitrogen functional groups attached to an aromatic ring is 1. The molecule has 0 amide bonds. The minimum Gasteiger partial charge on any atom is -0.383 e. The number of hydrogen-bond acceptors (Lipinski definition) is 4. The maximum Gasteiger partial charge on any atom is 0.389 e. The number of halogens is 4. The zero-order valence-electron chi connectivity index (χ0n) is 8.76. The molecule has 0 bridgehead atoms. The third kappa shape index (κ3) is 4.37. The van der Waals surface area contributed by atoms with Gasteiger partial charge in [0.1, 0.15) is 5.82 Å². The Bertz CT molecular complexity index is 383. The standard InChI is InChI=1S/C9H12ClF3N4/c10-5-3-6(8(14)16-4-5)7(17-15)1-2-9(11,12)13/h3-4,7,17H,1-2,15H2,(H2,14,16). The molecular formula is C9H12ClF3N4. The third-order valence-electron chi connectivity index (χ3n) is 2.21. The Labute approximate surface area is 101 Å². The molecule has 1 heterocycles. The fourth-order valence-electron chi connectivity index (χ4n) is 1.38. The van der Waals surface area contributed by atoms with Crippen LogP contribution < -0.4 is 17.0 Å². The maximum atomic E-state index is 12.1. The van der Waals surface area contributed by atoms with Gasteiger partial charge in [-0.05, 0) is 12.5 Å². The maximum absolute atomic E-state index is 12.1. The minimum absolute atomic E-state index is 0.111. The summed E-state index contributed by atoms with van der Waals surface area (Å²) in [6.07, 6.45) is -4.12. The second-order valence-corrected chi connectivity index (χ2v) is 3.94. The van der Waals surface area contributed by atoms with Crippen LogP contribution in [-0.4, -0.2) is 11.2 Å². The summed E-state index contributed by atoms with van der Waals surface area (Å²) in [5.41, 5.74) is 8.20. The van der Waals surface area contributed by atoms with Gasteiger partial charge in [-0.1, -0.05) is 11.6 Å². The monoisotopic (exact) mass is 268 g/mol. The van der Waals surface area contributed by atoms with E-state index in [-0.39, 0.29) is 12.2 Å². The molecule has 0 spiro atoms. The van der Waals surface area contributed by atoms with Crippen molar-refractivity contribution in [2.45, 2.75) is 25.1 Å². The van der Waals surface area contributed by atoms with E-state index in [0.29, 0.717) is 10.6 Å². The van der Waals surface area contributed by atoms with E-state index in [1.165, 1.54) is 12.3 Å². The van der Waals surface area contributed by atoms with Crippen LogP contribution in [0.25, 0.3) is 0 Å². The van der Waals surface area contributed by atoms with Gasteiger partial charge in [0, 0.05) is 24.2 Å². The van der Waals surface area contributed by atoms with Crippen LogP contribution in [0.15, 0.2) is 12.3 Å². The summed E-state index contributed by atoms with van der Waals surface area (Å²) in [4.78, 5) is 3.76. The van der Waals surface area contributed by atoms with Gasteiger partial charge in [-0.15, -0.1) is 0 Å². The quantitative estimate of drug-likeness (QED) is 0.578. The molecule has 0 aliphatic carbocycles. The van der Waals surface area contributed by atoms with Crippen LogP contribution in [0.5, 0.6) is 0 Å². The number of anilines is 1. The van der Waals surface area contributed by atoms with Gasteiger partial charge in [-0.3, -0.25) is 11.3 Å². The third-order valence-corrected chi connectivity index (χ3v) is 2.42. The molecule has 0 aromatic carbocycles. The van der Waals surface area contributed by atoms with E-state index >= 15 is 0 Å². The number of nitrogens with one attached hydrogen (secondary N) is 1. The molecular weight excluding hydrogens is 257 g/mol. The fourth-order valence-corrected chi connectivity index (χ4v) is 1.55. The first-order chi connectivity index (χ1) is 7.83. The highest BCUT2D eigenvalue weighted by Crippen LogP contribution is 2.29. The predicted octanol–water partition coefficient (Wildman–Crippen LogP) is 2.16. The van der Waals surface area contributed by atoms with E-state index in [0.717, 1.165) is 0 Å². The highest BCUT2D eigenvalue weighted by molar-refractivity contribution is 6.30. The molecule has 0 fully saturated rings. The Morgan fingerprint density at radius 2 is 2.12 bits per heavy atom. The van der Waals surface area contributed by atoms with E-state index in [2.05, 4.69) is 10.4 Å². The fraction of sp³-hybridized carbons (Fsp3) is 0.444. The van der Waals surface area contributed by atoms with Gasteiger partial charge < -0.3 is 5.73 Å². The number of pyridine rings is 1. The SMILES string of the molecule is NNC(CCC(F)(F)F)c1cc(Cl)cnc1N. The van der Waals surface area contributed by atoms with E-state index in [1.54, 1.807) is 0 Å².